The predicted octanol–water partition coefficient (Wildman–Crippen LogP) is -0.0286. The molecule has 0 spiro atoms. The van der Waals surface area contributed by atoms with Gasteiger partial charge in [-0.05, 0) is 19.4 Å². The zero-order valence-electron chi connectivity index (χ0n) is 8.45. The average molecular weight is 222 g/mol. The maximum atomic E-state index is 11.0. The molecule has 5 nitrogen and oxygen atoms in total. The van der Waals surface area contributed by atoms with Gasteiger partial charge < -0.3 is 5.73 Å². The maximum Gasteiger partial charge on any atom is 0.233 e. The molecule has 3 N–H and O–H groups in total. The molecule has 0 saturated carbocycles. The molecule has 0 aliphatic heterocycles. The lowest BCUT2D eigenvalue weighted by Gasteiger charge is -2.02. The van der Waals surface area contributed by atoms with E-state index in [-0.39, 0.29) is 6.42 Å². The quantitative estimate of drug-likeness (QED) is 0.592. The number of hydrogen-bond donors (Lipinski definition) is 2. The number of unbranched alkanes of at least 4 members (excludes halogenated alkanes) is 3. The molecule has 0 aliphatic carbocycles. The summed E-state index contributed by atoms with van der Waals surface area (Å²) < 4.78 is 23.2. The van der Waals surface area contributed by atoms with Gasteiger partial charge in [-0.2, -0.15) is 0 Å². The first-order valence-electron chi connectivity index (χ1n) is 4.66. The zero-order valence-corrected chi connectivity index (χ0v) is 9.27. The summed E-state index contributed by atoms with van der Waals surface area (Å²) in [6.07, 6.45) is 4.79. The second kappa shape index (κ2) is 6.78. The van der Waals surface area contributed by atoms with Crippen molar-refractivity contribution < 1.29 is 13.2 Å². The summed E-state index contributed by atoms with van der Waals surface area (Å²) in [6, 6.07) is 0. The fourth-order valence-electron chi connectivity index (χ4n) is 1.04. The molecule has 0 radical (unpaired) electrons. The average Bonchev–Trinajstić information content (AvgIpc) is 2.00. The molecule has 0 rings (SSSR count). The molecule has 0 aromatic heterocycles. The number of rotatable bonds is 7. The van der Waals surface area contributed by atoms with Crippen LogP contribution in [0.2, 0.25) is 0 Å². The first-order chi connectivity index (χ1) is 6.45. The van der Waals surface area contributed by atoms with Gasteiger partial charge in [-0.1, -0.05) is 12.8 Å². The summed E-state index contributed by atoms with van der Waals surface area (Å²) in [5.41, 5.74) is 5.30. The van der Waals surface area contributed by atoms with E-state index in [1.165, 1.54) is 0 Å². The predicted molar refractivity (Wildman–Crippen MR) is 55.1 cm³/mol. The molecule has 6 heteroatoms. The third-order valence-corrected chi connectivity index (χ3v) is 2.26. The van der Waals surface area contributed by atoms with E-state index >= 15 is 0 Å². The number of carbonyl (C=O) groups excluding carboxylic acids is 1. The molecule has 14 heavy (non-hydrogen) atoms. The normalized spacial score (nSPS) is 11.3. The SMILES string of the molecule is CS(=O)(=O)NC(=O)CCCCCCN. The van der Waals surface area contributed by atoms with E-state index < -0.39 is 15.9 Å². The molecule has 0 bridgehead atoms. The largest absolute Gasteiger partial charge is 0.330 e. The highest BCUT2D eigenvalue weighted by atomic mass is 32.2. The van der Waals surface area contributed by atoms with Gasteiger partial charge in [0.2, 0.25) is 15.9 Å². The fraction of sp³-hybridized carbons (Fsp3) is 0.875. The molecule has 0 unspecified atom stereocenters. The second-order valence-electron chi connectivity index (χ2n) is 3.25. The molecule has 0 atom stereocenters. The topological polar surface area (TPSA) is 89.3 Å². The van der Waals surface area contributed by atoms with Crippen molar-refractivity contribution in [2.24, 2.45) is 5.73 Å². The van der Waals surface area contributed by atoms with Crippen LogP contribution in [-0.4, -0.2) is 27.1 Å². The van der Waals surface area contributed by atoms with Gasteiger partial charge in [-0.3, -0.25) is 9.52 Å². The Morgan fingerprint density at radius 2 is 1.79 bits per heavy atom. The lowest BCUT2D eigenvalue weighted by atomic mass is 10.1. The van der Waals surface area contributed by atoms with Crippen LogP contribution in [0, 0.1) is 0 Å². The van der Waals surface area contributed by atoms with Gasteiger partial charge in [0.25, 0.3) is 0 Å². The number of hydrogen-bond acceptors (Lipinski definition) is 4. The molecule has 0 fully saturated rings. The van der Waals surface area contributed by atoms with E-state index in [0.29, 0.717) is 13.0 Å². The van der Waals surface area contributed by atoms with Gasteiger partial charge >= 0.3 is 0 Å². The maximum absolute atomic E-state index is 11.0. The molecular weight excluding hydrogens is 204 g/mol. The Morgan fingerprint density at radius 3 is 2.29 bits per heavy atom. The molecule has 84 valence electrons. The van der Waals surface area contributed by atoms with Gasteiger partial charge in [-0.15, -0.1) is 0 Å². The van der Waals surface area contributed by atoms with Crippen LogP contribution in [0.5, 0.6) is 0 Å². The van der Waals surface area contributed by atoms with Gasteiger partial charge in [0.05, 0.1) is 6.26 Å². The van der Waals surface area contributed by atoms with E-state index in [4.69, 9.17) is 5.73 Å². The first kappa shape index (κ1) is 13.4. The van der Waals surface area contributed by atoms with Crippen LogP contribution < -0.4 is 10.5 Å². The van der Waals surface area contributed by atoms with Crippen LogP contribution in [-0.2, 0) is 14.8 Å². The standard InChI is InChI=1S/C8H18N2O3S/c1-14(12,13)10-8(11)6-4-2-3-5-7-9/h2-7,9H2,1H3,(H,10,11). The monoisotopic (exact) mass is 222 g/mol. The van der Waals surface area contributed by atoms with Crippen molar-refractivity contribution in [2.45, 2.75) is 32.1 Å². The van der Waals surface area contributed by atoms with Crippen molar-refractivity contribution in [1.29, 1.82) is 0 Å². The summed E-state index contributed by atoms with van der Waals surface area (Å²) in [4.78, 5) is 11.0. The summed E-state index contributed by atoms with van der Waals surface area (Å²) in [6.45, 7) is 0.662. The third kappa shape index (κ3) is 9.47. The Kier molecular flexibility index (Phi) is 6.48. The zero-order chi connectivity index (χ0) is 11.0. The van der Waals surface area contributed by atoms with Crippen molar-refractivity contribution in [3.63, 3.8) is 0 Å². The van der Waals surface area contributed by atoms with Crippen molar-refractivity contribution in [1.82, 2.24) is 4.72 Å². The van der Waals surface area contributed by atoms with Crippen molar-refractivity contribution in [3.8, 4) is 0 Å². The van der Waals surface area contributed by atoms with Gasteiger partial charge in [0, 0.05) is 6.42 Å². The van der Waals surface area contributed by atoms with Crippen LogP contribution >= 0.6 is 0 Å². The number of nitrogens with one attached hydrogen (secondary N) is 1. The third-order valence-electron chi connectivity index (χ3n) is 1.66. The van der Waals surface area contributed by atoms with Gasteiger partial charge in [-0.25, -0.2) is 8.42 Å². The van der Waals surface area contributed by atoms with E-state index in [9.17, 15) is 13.2 Å². The van der Waals surface area contributed by atoms with Crippen molar-refractivity contribution in [2.75, 3.05) is 12.8 Å². The van der Waals surface area contributed by atoms with Crippen molar-refractivity contribution >= 4 is 15.9 Å². The summed E-state index contributed by atoms with van der Waals surface area (Å²) in [5.74, 6) is -0.430. The minimum absolute atomic E-state index is 0.262. The minimum Gasteiger partial charge on any atom is -0.330 e. The smallest absolute Gasteiger partial charge is 0.233 e. The molecule has 0 aromatic carbocycles. The van der Waals surface area contributed by atoms with Crippen LogP contribution in [0.1, 0.15) is 32.1 Å². The highest BCUT2D eigenvalue weighted by Crippen LogP contribution is 2.01. The number of carbonyl (C=O) groups is 1. The molecule has 0 saturated heterocycles. The molecular formula is C8H18N2O3S. The highest BCUT2D eigenvalue weighted by molar-refractivity contribution is 7.89. The summed E-state index contributed by atoms with van der Waals surface area (Å²) in [7, 11) is -3.39. The van der Waals surface area contributed by atoms with Gasteiger partial charge in [0.1, 0.15) is 0 Å². The summed E-state index contributed by atoms with van der Waals surface area (Å²) >= 11 is 0. The highest BCUT2D eigenvalue weighted by Gasteiger charge is 2.06. The van der Waals surface area contributed by atoms with Crippen LogP contribution in [0.25, 0.3) is 0 Å². The van der Waals surface area contributed by atoms with Crippen molar-refractivity contribution in [3.05, 3.63) is 0 Å². The Hall–Kier alpha value is -0.620. The fourth-order valence-corrected chi connectivity index (χ4v) is 1.56. The van der Waals surface area contributed by atoms with E-state index in [1.54, 1.807) is 0 Å². The van der Waals surface area contributed by atoms with Crippen LogP contribution in [0.4, 0.5) is 0 Å². The lowest BCUT2D eigenvalue weighted by molar-refractivity contribution is -0.119. The molecule has 0 heterocycles. The molecule has 1 amide bonds. The van der Waals surface area contributed by atoms with Gasteiger partial charge in [0.15, 0.2) is 0 Å². The number of amides is 1. The second-order valence-corrected chi connectivity index (χ2v) is 5.00. The van der Waals surface area contributed by atoms with E-state index in [2.05, 4.69) is 0 Å². The lowest BCUT2D eigenvalue weighted by Crippen LogP contribution is -2.28. The molecule has 0 aromatic rings. The Balaban J connectivity index is 3.46. The van der Waals surface area contributed by atoms with Crippen LogP contribution in [0.3, 0.4) is 0 Å². The Labute approximate surface area is 85.1 Å². The number of sulfonamides is 1. The van der Waals surface area contributed by atoms with Crippen LogP contribution in [0.15, 0.2) is 0 Å². The summed E-state index contributed by atoms with van der Waals surface area (Å²) in [5, 5.41) is 0. The Bertz CT molecular complexity index is 262. The molecule has 0 aliphatic rings. The first-order valence-corrected chi connectivity index (χ1v) is 6.55. The Morgan fingerprint density at radius 1 is 1.21 bits per heavy atom. The van der Waals surface area contributed by atoms with E-state index in [0.717, 1.165) is 25.5 Å². The minimum atomic E-state index is -3.39. The number of nitrogens with two attached hydrogens (primary N) is 1. The van der Waals surface area contributed by atoms with E-state index in [1.807, 2.05) is 4.72 Å².